The lowest BCUT2D eigenvalue weighted by Crippen LogP contribution is -2.32. The molecule has 4 nitrogen and oxygen atoms in total. The third-order valence-electron chi connectivity index (χ3n) is 3.60. The van der Waals surface area contributed by atoms with Crippen LogP contribution in [-0.4, -0.2) is 23.7 Å². The lowest BCUT2D eigenvalue weighted by Gasteiger charge is -2.12. The van der Waals surface area contributed by atoms with Gasteiger partial charge in [-0.1, -0.05) is 12.1 Å². The lowest BCUT2D eigenvalue weighted by molar-refractivity contribution is -0.121. The Morgan fingerprint density at radius 1 is 1.30 bits per heavy atom. The zero-order valence-electron chi connectivity index (χ0n) is 13.2. The molecule has 1 aromatic carbocycles. The molecule has 1 aromatic heterocycles. The van der Waals surface area contributed by atoms with E-state index in [0.717, 1.165) is 6.42 Å². The summed E-state index contributed by atoms with van der Waals surface area (Å²) in [6.07, 6.45) is 2.20. The van der Waals surface area contributed by atoms with Gasteiger partial charge in [0.25, 0.3) is 0 Å². The van der Waals surface area contributed by atoms with Crippen molar-refractivity contribution in [1.82, 2.24) is 5.32 Å². The highest BCUT2D eigenvalue weighted by atomic mass is 19.1. The molecule has 5 heteroatoms. The van der Waals surface area contributed by atoms with E-state index in [-0.39, 0.29) is 24.4 Å². The van der Waals surface area contributed by atoms with Crippen molar-refractivity contribution in [3.05, 3.63) is 48.0 Å². The summed E-state index contributed by atoms with van der Waals surface area (Å²) in [6.45, 7) is 2.04. The number of hydrogen-bond donors (Lipinski definition) is 2. The van der Waals surface area contributed by atoms with E-state index in [4.69, 9.17) is 9.52 Å². The Kier molecular flexibility index (Phi) is 6.35. The monoisotopic (exact) mass is 319 g/mol. The van der Waals surface area contributed by atoms with Gasteiger partial charge in [0.2, 0.25) is 5.91 Å². The highest BCUT2D eigenvalue weighted by molar-refractivity contribution is 5.76. The highest BCUT2D eigenvalue weighted by Crippen LogP contribution is 2.25. The van der Waals surface area contributed by atoms with Gasteiger partial charge in [-0.25, -0.2) is 4.39 Å². The van der Waals surface area contributed by atoms with Crippen molar-refractivity contribution >= 4 is 5.91 Å². The van der Waals surface area contributed by atoms with Gasteiger partial charge in [-0.2, -0.15) is 0 Å². The molecule has 0 bridgehead atoms. The summed E-state index contributed by atoms with van der Waals surface area (Å²) in [4.78, 5) is 11.8. The van der Waals surface area contributed by atoms with Gasteiger partial charge in [0, 0.05) is 25.5 Å². The maximum atomic E-state index is 13.7. The molecule has 2 aromatic rings. The predicted octanol–water partition coefficient (Wildman–Crippen LogP) is 3.30. The second kappa shape index (κ2) is 8.48. The number of nitrogens with one attached hydrogen (secondary N) is 1. The van der Waals surface area contributed by atoms with Crippen molar-refractivity contribution in [3.63, 3.8) is 0 Å². The first-order valence-electron chi connectivity index (χ1n) is 7.84. The molecule has 2 N–H and O–H groups in total. The number of carbonyl (C=O) groups excluding carboxylic acids is 1. The summed E-state index contributed by atoms with van der Waals surface area (Å²) in [5.74, 6) is 0.736. The van der Waals surface area contributed by atoms with Crippen LogP contribution in [0.2, 0.25) is 0 Å². The Labute approximate surface area is 135 Å². The van der Waals surface area contributed by atoms with E-state index in [0.29, 0.717) is 36.3 Å². The van der Waals surface area contributed by atoms with Gasteiger partial charge in [-0.05, 0) is 44.0 Å². The van der Waals surface area contributed by atoms with Crippen LogP contribution in [0, 0.1) is 5.82 Å². The molecular formula is C18H22FNO3. The predicted molar refractivity (Wildman–Crippen MR) is 86.3 cm³/mol. The molecule has 0 radical (unpaired) electrons. The zero-order chi connectivity index (χ0) is 16.7. The number of carbonyl (C=O) groups is 1. The van der Waals surface area contributed by atoms with Crippen LogP contribution in [0.5, 0.6) is 0 Å². The van der Waals surface area contributed by atoms with Gasteiger partial charge in [0.05, 0.1) is 5.56 Å². The van der Waals surface area contributed by atoms with E-state index in [1.807, 2.05) is 6.92 Å². The van der Waals surface area contributed by atoms with Crippen LogP contribution in [0.15, 0.2) is 40.8 Å². The van der Waals surface area contributed by atoms with Crippen LogP contribution >= 0.6 is 0 Å². The lowest BCUT2D eigenvalue weighted by atomic mass is 10.1. The first-order chi connectivity index (χ1) is 11.1. The number of aryl methyl sites for hydroxylation is 1. The van der Waals surface area contributed by atoms with Gasteiger partial charge in [0.15, 0.2) is 0 Å². The van der Waals surface area contributed by atoms with Crippen molar-refractivity contribution in [2.45, 2.75) is 38.6 Å². The van der Waals surface area contributed by atoms with E-state index < -0.39 is 0 Å². The van der Waals surface area contributed by atoms with Crippen molar-refractivity contribution in [2.24, 2.45) is 0 Å². The van der Waals surface area contributed by atoms with E-state index in [9.17, 15) is 9.18 Å². The number of halogens is 1. The Balaban J connectivity index is 1.85. The molecule has 0 aliphatic carbocycles. The molecule has 1 unspecified atom stereocenters. The van der Waals surface area contributed by atoms with Gasteiger partial charge < -0.3 is 14.8 Å². The van der Waals surface area contributed by atoms with Crippen LogP contribution in [0.4, 0.5) is 4.39 Å². The van der Waals surface area contributed by atoms with Gasteiger partial charge in [-0.3, -0.25) is 4.79 Å². The molecule has 124 valence electrons. The van der Waals surface area contributed by atoms with Crippen molar-refractivity contribution in [2.75, 3.05) is 6.61 Å². The van der Waals surface area contributed by atoms with Crippen molar-refractivity contribution < 1.29 is 18.7 Å². The summed E-state index contributed by atoms with van der Waals surface area (Å²) in [5, 5.41) is 11.6. The van der Waals surface area contributed by atoms with E-state index in [1.54, 1.807) is 30.3 Å². The standard InChI is InChI=1S/C18H22FNO3/c1-13(5-4-12-21)20-18(22)11-9-14-8-10-17(23-14)15-6-2-3-7-16(15)19/h2-3,6-8,10,13,21H,4-5,9,11-12H2,1H3,(H,20,22). The zero-order valence-corrected chi connectivity index (χ0v) is 13.2. The van der Waals surface area contributed by atoms with Crippen molar-refractivity contribution in [1.29, 1.82) is 0 Å². The van der Waals surface area contributed by atoms with Gasteiger partial charge in [-0.15, -0.1) is 0 Å². The topological polar surface area (TPSA) is 62.5 Å². The normalized spacial score (nSPS) is 12.1. The Bertz CT molecular complexity index is 639. The maximum absolute atomic E-state index is 13.7. The molecule has 23 heavy (non-hydrogen) atoms. The Morgan fingerprint density at radius 3 is 2.83 bits per heavy atom. The number of rotatable bonds is 8. The van der Waals surface area contributed by atoms with Gasteiger partial charge in [0.1, 0.15) is 17.3 Å². The first-order valence-corrected chi connectivity index (χ1v) is 7.84. The van der Waals surface area contributed by atoms with Crippen LogP contribution in [-0.2, 0) is 11.2 Å². The van der Waals surface area contributed by atoms with Crippen molar-refractivity contribution in [3.8, 4) is 11.3 Å². The number of aliphatic hydroxyl groups is 1. The number of benzene rings is 1. The number of amides is 1. The Hall–Kier alpha value is -2.14. The largest absolute Gasteiger partial charge is 0.461 e. The van der Waals surface area contributed by atoms with Crippen LogP contribution in [0.3, 0.4) is 0 Å². The fourth-order valence-corrected chi connectivity index (χ4v) is 2.37. The Morgan fingerprint density at radius 2 is 2.09 bits per heavy atom. The summed E-state index contributed by atoms with van der Waals surface area (Å²) < 4.78 is 19.3. The smallest absolute Gasteiger partial charge is 0.220 e. The minimum atomic E-state index is -0.330. The molecule has 1 atom stereocenters. The quantitative estimate of drug-likeness (QED) is 0.785. The molecular weight excluding hydrogens is 297 g/mol. The maximum Gasteiger partial charge on any atom is 0.220 e. The minimum Gasteiger partial charge on any atom is -0.461 e. The molecule has 1 heterocycles. The number of hydrogen-bond acceptors (Lipinski definition) is 3. The number of furan rings is 1. The SMILES string of the molecule is CC(CCCO)NC(=O)CCc1ccc(-c2ccccc2F)o1. The molecule has 0 aliphatic heterocycles. The average Bonchev–Trinajstić information content (AvgIpc) is 3.00. The molecule has 0 fully saturated rings. The third kappa shape index (κ3) is 5.21. The molecule has 0 aliphatic rings. The van der Waals surface area contributed by atoms with E-state index in [2.05, 4.69) is 5.32 Å². The molecule has 0 saturated carbocycles. The van der Waals surface area contributed by atoms with Crippen LogP contribution < -0.4 is 5.32 Å². The summed E-state index contributed by atoms with van der Waals surface area (Å²) >= 11 is 0. The first kappa shape index (κ1) is 17.2. The fourth-order valence-electron chi connectivity index (χ4n) is 2.37. The third-order valence-corrected chi connectivity index (χ3v) is 3.60. The van der Waals surface area contributed by atoms with Crippen LogP contribution in [0.1, 0.15) is 31.9 Å². The van der Waals surface area contributed by atoms with E-state index >= 15 is 0 Å². The molecule has 1 amide bonds. The van der Waals surface area contributed by atoms with Crippen LogP contribution in [0.25, 0.3) is 11.3 Å². The second-order valence-corrected chi connectivity index (χ2v) is 5.58. The minimum absolute atomic E-state index is 0.0419. The number of aliphatic hydroxyl groups excluding tert-OH is 1. The summed E-state index contributed by atoms with van der Waals surface area (Å²) in [6, 6.07) is 9.96. The molecule has 0 spiro atoms. The second-order valence-electron chi connectivity index (χ2n) is 5.58. The average molecular weight is 319 g/mol. The molecule has 0 saturated heterocycles. The van der Waals surface area contributed by atoms with E-state index in [1.165, 1.54) is 6.07 Å². The fraction of sp³-hybridized carbons (Fsp3) is 0.389. The highest BCUT2D eigenvalue weighted by Gasteiger charge is 2.11. The summed E-state index contributed by atoms with van der Waals surface area (Å²) in [7, 11) is 0. The summed E-state index contributed by atoms with van der Waals surface area (Å²) in [5.41, 5.74) is 0.417. The molecule has 2 rings (SSSR count). The van der Waals surface area contributed by atoms with Gasteiger partial charge >= 0.3 is 0 Å².